The highest BCUT2D eigenvalue weighted by molar-refractivity contribution is 6.09. The van der Waals surface area contributed by atoms with E-state index in [0.717, 1.165) is 24.3 Å². The summed E-state index contributed by atoms with van der Waals surface area (Å²) in [7, 11) is 0. The topological polar surface area (TPSA) is 179 Å². The van der Waals surface area contributed by atoms with Gasteiger partial charge < -0.3 is 20.2 Å². The molecule has 2 atom stereocenters. The number of carbonyl (C=O) groups is 3. The van der Waals surface area contributed by atoms with Crippen molar-refractivity contribution in [3.8, 4) is 5.75 Å². The van der Waals surface area contributed by atoms with Gasteiger partial charge in [0.25, 0.3) is 11.6 Å². The third-order valence-electron chi connectivity index (χ3n) is 4.85. The summed E-state index contributed by atoms with van der Waals surface area (Å²) in [5, 5.41) is 38.9. The summed E-state index contributed by atoms with van der Waals surface area (Å²) in [6.07, 6.45) is 3.23. The number of aromatic hydroxyl groups is 1. The number of carbonyl (C=O) groups excluding carboxylic acids is 1. The number of nitro groups is 1. The lowest BCUT2D eigenvalue weighted by atomic mass is 9.86. The summed E-state index contributed by atoms with van der Waals surface area (Å²) in [5.74, 6) is -4.51. The average molecular weight is 419 g/mol. The van der Waals surface area contributed by atoms with Gasteiger partial charge in [0.2, 0.25) is 0 Å². The molecule has 1 heterocycles. The minimum absolute atomic E-state index is 0.0132. The molecule has 1 saturated heterocycles. The highest BCUT2D eigenvalue weighted by Crippen LogP contribution is 2.46. The molecule has 0 aromatic heterocycles. The molecule has 1 spiro atoms. The van der Waals surface area contributed by atoms with Crippen molar-refractivity contribution >= 4 is 17.8 Å². The van der Waals surface area contributed by atoms with Crippen LogP contribution in [0.15, 0.2) is 42.1 Å². The standard InChI is InChI=1S/C18H17N3O9/c22-12-3-1-10(13(7-12)15(23)24)9-30-19-5-6-20-17(27)18(20)8-11(21(28)29)2-4-14(18)16(25)26/h1-4,7-8,14,19,22H,5-6,9H2,(H,23,24)(H,25,26). The molecule has 0 saturated carbocycles. The van der Waals surface area contributed by atoms with E-state index in [9.17, 15) is 34.7 Å². The van der Waals surface area contributed by atoms with E-state index in [4.69, 9.17) is 9.94 Å². The number of phenolic OH excluding ortho intramolecular Hbond substituents is 1. The quantitative estimate of drug-likeness (QED) is 0.186. The average Bonchev–Trinajstić information content (AvgIpc) is 3.23. The molecule has 3 rings (SSSR count). The molecular formula is C18H17N3O9. The smallest absolute Gasteiger partial charge is 0.336 e. The van der Waals surface area contributed by atoms with Crippen LogP contribution < -0.4 is 5.48 Å². The van der Waals surface area contributed by atoms with Crippen molar-refractivity contribution in [3.63, 3.8) is 0 Å². The Hall–Kier alpha value is -3.77. The van der Waals surface area contributed by atoms with E-state index in [0.29, 0.717) is 5.56 Å². The lowest BCUT2D eigenvalue weighted by Crippen LogP contribution is -2.36. The van der Waals surface area contributed by atoms with Crippen LogP contribution in [-0.2, 0) is 21.0 Å². The first-order valence-corrected chi connectivity index (χ1v) is 8.68. The predicted molar refractivity (Wildman–Crippen MR) is 97.6 cm³/mol. The zero-order chi connectivity index (χ0) is 22.1. The molecule has 12 heteroatoms. The molecule has 1 amide bonds. The summed E-state index contributed by atoms with van der Waals surface area (Å²) in [5.41, 5.74) is 0.746. The van der Waals surface area contributed by atoms with Gasteiger partial charge in [0.1, 0.15) is 11.7 Å². The molecule has 1 fully saturated rings. The Bertz CT molecular complexity index is 987. The zero-order valence-electron chi connectivity index (χ0n) is 15.3. The first kappa shape index (κ1) is 21.0. The third kappa shape index (κ3) is 3.73. The van der Waals surface area contributed by atoms with E-state index in [1.54, 1.807) is 0 Å². The lowest BCUT2D eigenvalue weighted by molar-refractivity contribution is -0.419. The summed E-state index contributed by atoms with van der Waals surface area (Å²) in [6.45, 7) is -0.0716. The van der Waals surface area contributed by atoms with Crippen LogP contribution >= 0.6 is 0 Å². The summed E-state index contributed by atoms with van der Waals surface area (Å²) >= 11 is 0. The fourth-order valence-corrected chi connectivity index (χ4v) is 3.36. The number of hydrogen-bond donors (Lipinski definition) is 4. The Labute approximate surface area is 168 Å². The number of carboxylic acid groups (broad SMARTS) is 2. The van der Waals surface area contributed by atoms with Crippen molar-refractivity contribution in [1.82, 2.24) is 10.4 Å². The van der Waals surface area contributed by atoms with Gasteiger partial charge in [-0.05, 0) is 17.7 Å². The first-order valence-electron chi connectivity index (χ1n) is 8.68. The van der Waals surface area contributed by atoms with Crippen LogP contribution in [0.3, 0.4) is 0 Å². The number of amides is 1. The number of benzene rings is 1. The maximum atomic E-state index is 12.3. The maximum absolute atomic E-state index is 12.3. The van der Waals surface area contributed by atoms with E-state index in [1.807, 2.05) is 0 Å². The van der Waals surface area contributed by atoms with Crippen LogP contribution in [0.5, 0.6) is 5.75 Å². The Kier molecular flexibility index (Phi) is 5.54. The second-order valence-corrected chi connectivity index (χ2v) is 6.61. The number of nitrogens with one attached hydrogen (secondary N) is 1. The molecule has 0 radical (unpaired) electrons. The van der Waals surface area contributed by atoms with Crippen LogP contribution in [0.25, 0.3) is 0 Å². The Morgan fingerprint density at radius 2 is 2.07 bits per heavy atom. The number of aliphatic carboxylic acids is 1. The number of rotatable bonds is 9. The molecule has 2 unspecified atom stereocenters. The second-order valence-electron chi connectivity index (χ2n) is 6.61. The number of hydroxylamine groups is 1. The van der Waals surface area contributed by atoms with E-state index in [1.165, 1.54) is 17.0 Å². The Morgan fingerprint density at radius 3 is 2.70 bits per heavy atom. The van der Waals surface area contributed by atoms with Crippen molar-refractivity contribution in [2.45, 2.75) is 12.1 Å². The van der Waals surface area contributed by atoms with Gasteiger partial charge in [-0.25, -0.2) is 10.3 Å². The molecule has 1 aromatic rings. The predicted octanol–water partition coefficient (Wildman–Crippen LogP) is 0.124. The lowest BCUT2D eigenvalue weighted by Gasteiger charge is -2.19. The third-order valence-corrected chi connectivity index (χ3v) is 4.85. The molecule has 1 aliphatic carbocycles. The molecular weight excluding hydrogens is 402 g/mol. The minimum Gasteiger partial charge on any atom is -0.508 e. The highest BCUT2D eigenvalue weighted by Gasteiger charge is 2.68. The van der Waals surface area contributed by atoms with E-state index in [2.05, 4.69) is 5.48 Å². The molecule has 0 bridgehead atoms. The van der Waals surface area contributed by atoms with Crippen molar-refractivity contribution < 1.29 is 39.5 Å². The Morgan fingerprint density at radius 1 is 1.33 bits per heavy atom. The zero-order valence-corrected chi connectivity index (χ0v) is 15.3. The van der Waals surface area contributed by atoms with Crippen LogP contribution in [0, 0.1) is 16.0 Å². The number of phenols is 1. The number of allylic oxidation sites excluding steroid dienone is 1. The number of nitrogens with zero attached hydrogens (tertiary/aromatic N) is 2. The van der Waals surface area contributed by atoms with Gasteiger partial charge in [0, 0.05) is 25.2 Å². The van der Waals surface area contributed by atoms with Crippen molar-refractivity contribution in [2.75, 3.05) is 13.1 Å². The van der Waals surface area contributed by atoms with Gasteiger partial charge in [-0.15, -0.1) is 0 Å². The summed E-state index contributed by atoms with van der Waals surface area (Å²) in [4.78, 5) is 51.7. The first-order chi connectivity index (χ1) is 14.2. The van der Waals surface area contributed by atoms with E-state index in [-0.39, 0.29) is 36.7 Å². The van der Waals surface area contributed by atoms with Crippen molar-refractivity contribution in [3.05, 3.63) is 63.4 Å². The fourth-order valence-electron chi connectivity index (χ4n) is 3.36. The van der Waals surface area contributed by atoms with E-state index < -0.39 is 34.2 Å². The molecule has 30 heavy (non-hydrogen) atoms. The SMILES string of the molecule is O=C(O)c1cc(O)ccc1CONCCN1C(=O)C12C=C([N+](=O)[O-])C=CC2C(=O)O. The summed E-state index contributed by atoms with van der Waals surface area (Å²) < 4.78 is 0. The molecule has 2 aliphatic rings. The van der Waals surface area contributed by atoms with Gasteiger partial charge in [-0.1, -0.05) is 12.1 Å². The molecule has 158 valence electrons. The van der Waals surface area contributed by atoms with Gasteiger partial charge in [0.05, 0.1) is 17.1 Å². The highest BCUT2D eigenvalue weighted by atomic mass is 16.6. The fraction of sp³-hybridized carbons (Fsp3) is 0.278. The minimum atomic E-state index is -1.60. The molecule has 1 aliphatic heterocycles. The molecule has 12 nitrogen and oxygen atoms in total. The van der Waals surface area contributed by atoms with Crippen molar-refractivity contribution in [2.24, 2.45) is 5.92 Å². The number of aromatic carboxylic acids is 1. The normalized spacial score (nSPS) is 22.1. The second kappa shape index (κ2) is 7.93. The van der Waals surface area contributed by atoms with Crippen molar-refractivity contribution in [1.29, 1.82) is 0 Å². The van der Waals surface area contributed by atoms with Crippen LogP contribution in [0.2, 0.25) is 0 Å². The van der Waals surface area contributed by atoms with Crippen LogP contribution in [-0.4, -0.2) is 61.6 Å². The molecule has 1 aromatic carbocycles. The monoisotopic (exact) mass is 419 g/mol. The molecule has 4 N–H and O–H groups in total. The summed E-state index contributed by atoms with van der Waals surface area (Å²) in [6, 6.07) is 3.78. The van der Waals surface area contributed by atoms with Gasteiger partial charge in [-0.2, -0.15) is 0 Å². The van der Waals surface area contributed by atoms with Crippen LogP contribution in [0.4, 0.5) is 0 Å². The maximum Gasteiger partial charge on any atom is 0.336 e. The largest absolute Gasteiger partial charge is 0.508 e. The van der Waals surface area contributed by atoms with Gasteiger partial charge in [0.15, 0.2) is 5.54 Å². The Balaban J connectivity index is 1.58. The number of carboxylic acids is 2. The number of hydrogen-bond acceptors (Lipinski definition) is 8. The van der Waals surface area contributed by atoms with E-state index >= 15 is 0 Å². The van der Waals surface area contributed by atoms with Gasteiger partial charge >= 0.3 is 11.9 Å². The van der Waals surface area contributed by atoms with Gasteiger partial charge in [-0.3, -0.25) is 24.5 Å². The van der Waals surface area contributed by atoms with Crippen LogP contribution in [0.1, 0.15) is 15.9 Å².